The fourth-order valence-electron chi connectivity index (χ4n) is 3.49. The maximum absolute atomic E-state index is 12.7. The van der Waals surface area contributed by atoms with Crippen molar-refractivity contribution < 1.29 is 29.0 Å². The zero-order valence-corrected chi connectivity index (χ0v) is 18.5. The van der Waals surface area contributed by atoms with Gasteiger partial charge in [0.1, 0.15) is 18.3 Å². The molecule has 32 heavy (non-hydrogen) atoms. The molecule has 0 bridgehead atoms. The number of halogens is 1. The van der Waals surface area contributed by atoms with Crippen LogP contribution in [0.3, 0.4) is 0 Å². The second-order valence-electron chi connectivity index (χ2n) is 7.23. The normalized spacial score (nSPS) is 14.1. The van der Waals surface area contributed by atoms with E-state index >= 15 is 0 Å². The number of hydrogen-bond donors (Lipinski definition) is 1. The highest BCUT2D eigenvalue weighted by Crippen LogP contribution is 2.36. The van der Waals surface area contributed by atoms with Crippen molar-refractivity contribution in [1.82, 2.24) is 0 Å². The lowest BCUT2D eigenvalue weighted by molar-refractivity contribution is -0.144. The van der Waals surface area contributed by atoms with Crippen molar-refractivity contribution in [2.75, 3.05) is 29.1 Å². The molecule has 3 rings (SSSR count). The summed E-state index contributed by atoms with van der Waals surface area (Å²) in [5, 5.41) is 9.25. The Labute approximate surface area is 191 Å². The summed E-state index contributed by atoms with van der Waals surface area (Å²) in [7, 11) is 0. The van der Waals surface area contributed by atoms with E-state index in [2.05, 4.69) is 0 Å². The molecule has 2 aromatic carbocycles. The Kier molecular flexibility index (Phi) is 7.94. The van der Waals surface area contributed by atoms with Crippen LogP contribution < -0.4 is 14.1 Å². The molecular weight excluding hydrogens is 436 g/mol. The number of amides is 1. The number of carboxylic acids is 1. The summed E-state index contributed by atoms with van der Waals surface area (Å²) in [6, 6.07) is 13.8. The number of fused-ring (bicyclic) bond motifs is 1. The predicted octanol–water partition coefficient (Wildman–Crippen LogP) is 3.41. The predicted molar refractivity (Wildman–Crippen MR) is 120 cm³/mol. The van der Waals surface area contributed by atoms with Gasteiger partial charge in [-0.1, -0.05) is 30.3 Å². The summed E-state index contributed by atoms with van der Waals surface area (Å²) in [5.41, 5.74) is 1.77. The Morgan fingerprint density at radius 3 is 2.69 bits per heavy atom. The fraction of sp³-hybridized carbons (Fsp3) is 0.348. The van der Waals surface area contributed by atoms with Crippen LogP contribution in [0.2, 0.25) is 0 Å². The standard InChI is InChI=1S/C23H25ClN2O6/c1-2-31-23(30)18(10-8-16-6-4-3-5-7-16)26(24)17-9-11-20-19(14-17)25(15-22(28)29)21(27)12-13-32-20/h3-7,9,11,14,18H,2,8,10,12-13,15H2,1H3,(H,28,29). The molecule has 1 amide bonds. The van der Waals surface area contributed by atoms with Crippen LogP contribution >= 0.6 is 11.8 Å². The number of carboxylic acid groups (broad SMARTS) is 1. The van der Waals surface area contributed by atoms with Crippen LogP contribution in [-0.4, -0.2) is 48.8 Å². The summed E-state index contributed by atoms with van der Waals surface area (Å²) < 4.78 is 12.1. The summed E-state index contributed by atoms with van der Waals surface area (Å²) >= 11 is 6.61. The van der Waals surface area contributed by atoms with Crippen LogP contribution in [0.15, 0.2) is 48.5 Å². The van der Waals surface area contributed by atoms with Crippen LogP contribution in [0.4, 0.5) is 11.4 Å². The molecular formula is C23H25ClN2O6. The molecule has 0 saturated carbocycles. The van der Waals surface area contributed by atoms with Crippen LogP contribution in [0.25, 0.3) is 0 Å². The van der Waals surface area contributed by atoms with E-state index in [1.165, 1.54) is 4.42 Å². The number of aryl methyl sites for hydroxylation is 1. The Morgan fingerprint density at radius 1 is 1.25 bits per heavy atom. The third-order valence-electron chi connectivity index (χ3n) is 5.03. The quantitative estimate of drug-likeness (QED) is 0.452. The summed E-state index contributed by atoms with van der Waals surface area (Å²) in [5.74, 6) is -1.60. The minimum absolute atomic E-state index is 0.0599. The smallest absolute Gasteiger partial charge is 0.330 e. The van der Waals surface area contributed by atoms with Gasteiger partial charge in [0.15, 0.2) is 0 Å². The van der Waals surface area contributed by atoms with Crippen molar-refractivity contribution in [3.63, 3.8) is 0 Å². The van der Waals surface area contributed by atoms with Crippen molar-refractivity contribution in [2.45, 2.75) is 32.2 Å². The summed E-state index contributed by atoms with van der Waals surface area (Å²) in [6.45, 7) is 1.58. The highest BCUT2D eigenvalue weighted by molar-refractivity contribution is 6.27. The van der Waals surface area contributed by atoms with Crippen LogP contribution in [-0.2, 0) is 25.5 Å². The van der Waals surface area contributed by atoms with Gasteiger partial charge < -0.3 is 14.6 Å². The molecule has 0 radical (unpaired) electrons. The molecule has 1 aliphatic rings. The van der Waals surface area contributed by atoms with E-state index < -0.39 is 24.5 Å². The number of esters is 1. The Hall–Kier alpha value is -3.26. The first-order valence-electron chi connectivity index (χ1n) is 10.3. The molecule has 0 saturated heterocycles. The lowest BCUT2D eigenvalue weighted by atomic mass is 10.0. The van der Waals surface area contributed by atoms with Crippen LogP contribution in [0.5, 0.6) is 5.75 Å². The zero-order chi connectivity index (χ0) is 23.1. The number of benzene rings is 2. The minimum atomic E-state index is -1.15. The van der Waals surface area contributed by atoms with Gasteiger partial charge in [-0.2, -0.15) is 0 Å². The van der Waals surface area contributed by atoms with Crippen molar-refractivity contribution in [1.29, 1.82) is 0 Å². The molecule has 1 unspecified atom stereocenters. The van der Waals surface area contributed by atoms with Gasteiger partial charge in [-0.15, -0.1) is 0 Å². The molecule has 8 nitrogen and oxygen atoms in total. The monoisotopic (exact) mass is 460 g/mol. The molecule has 9 heteroatoms. The van der Waals surface area contributed by atoms with Crippen LogP contribution in [0.1, 0.15) is 25.3 Å². The molecule has 0 spiro atoms. The summed E-state index contributed by atoms with van der Waals surface area (Å²) in [4.78, 5) is 37.6. The molecule has 1 heterocycles. The largest absolute Gasteiger partial charge is 0.491 e. The van der Waals surface area contributed by atoms with E-state index in [0.717, 1.165) is 10.5 Å². The Morgan fingerprint density at radius 2 is 2.00 bits per heavy atom. The molecule has 0 fully saturated rings. The number of rotatable bonds is 9. The molecule has 1 aliphatic heterocycles. The Bertz CT molecular complexity index is 968. The molecule has 2 aromatic rings. The van der Waals surface area contributed by atoms with Gasteiger partial charge in [-0.05, 0) is 43.5 Å². The third-order valence-corrected chi connectivity index (χ3v) is 5.46. The number of nitrogens with zero attached hydrogens (tertiary/aromatic N) is 2. The average molecular weight is 461 g/mol. The average Bonchev–Trinajstić information content (AvgIpc) is 2.92. The Balaban J connectivity index is 1.90. The topological polar surface area (TPSA) is 96.4 Å². The SMILES string of the molecule is CCOC(=O)C(CCc1ccccc1)N(Cl)c1ccc2c(c1)N(CC(=O)O)C(=O)CCO2. The number of ether oxygens (including phenoxy) is 2. The maximum atomic E-state index is 12.7. The maximum Gasteiger partial charge on any atom is 0.330 e. The molecule has 1 atom stereocenters. The first-order valence-corrected chi connectivity index (χ1v) is 10.7. The van der Waals surface area contributed by atoms with E-state index in [1.807, 2.05) is 30.3 Å². The van der Waals surface area contributed by atoms with E-state index in [9.17, 15) is 19.5 Å². The number of carbonyl (C=O) groups excluding carboxylic acids is 2. The number of anilines is 2. The van der Waals surface area contributed by atoms with Crippen molar-refractivity contribution in [2.24, 2.45) is 0 Å². The van der Waals surface area contributed by atoms with Crippen molar-refractivity contribution in [3.05, 3.63) is 54.1 Å². The van der Waals surface area contributed by atoms with Gasteiger partial charge in [-0.25, -0.2) is 4.79 Å². The molecule has 0 aromatic heterocycles. The highest BCUT2D eigenvalue weighted by Gasteiger charge is 2.30. The molecule has 0 aliphatic carbocycles. The van der Waals surface area contributed by atoms with Gasteiger partial charge in [-0.3, -0.25) is 18.9 Å². The van der Waals surface area contributed by atoms with Gasteiger partial charge in [0, 0.05) is 11.8 Å². The van der Waals surface area contributed by atoms with Gasteiger partial charge in [0.05, 0.1) is 31.0 Å². The lowest BCUT2D eigenvalue weighted by Crippen LogP contribution is -2.37. The zero-order valence-electron chi connectivity index (χ0n) is 17.7. The van der Waals surface area contributed by atoms with E-state index in [0.29, 0.717) is 30.0 Å². The van der Waals surface area contributed by atoms with Gasteiger partial charge in [0.2, 0.25) is 5.91 Å². The second-order valence-corrected chi connectivity index (χ2v) is 7.59. The van der Waals surface area contributed by atoms with E-state index in [1.54, 1.807) is 25.1 Å². The summed E-state index contributed by atoms with van der Waals surface area (Å²) in [6.07, 6.45) is 1.06. The van der Waals surface area contributed by atoms with Crippen LogP contribution in [0, 0.1) is 0 Å². The number of hydrogen-bond acceptors (Lipinski definition) is 6. The highest BCUT2D eigenvalue weighted by atomic mass is 35.5. The first kappa shape index (κ1) is 23.4. The molecule has 1 N–H and O–H groups in total. The number of aliphatic carboxylic acids is 1. The number of carbonyl (C=O) groups is 3. The van der Waals surface area contributed by atoms with E-state index in [4.69, 9.17) is 21.3 Å². The fourth-order valence-corrected chi connectivity index (χ4v) is 3.77. The lowest BCUT2D eigenvalue weighted by Gasteiger charge is -2.27. The first-order chi connectivity index (χ1) is 15.4. The minimum Gasteiger partial charge on any atom is -0.491 e. The van der Waals surface area contributed by atoms with Gasteiger partial charge >= 0.3 is 11.9 Å². The van der Waals surface area contributed by atoms with Crippen molar-refractivity contribution >= 4 is 41.0 Å². The third kappa shape index (κ3) is 5.70. The van der Waals surface area contributed by atoms with Gasteiger partial charge in [0.25, 0.3) is 0 Å². The van der Waals surface area contributed by atoms with E-state index in [-0.39, 0.29) is 25.5 Å². The second kappa shape index (κ2) is 10.9. The van der Waals surface area contributed by atoms with Crippen molar-refractivity contribution in [3.8, 4) is 5.75 Å². The molecule has 170 valence electrons.